The van der Waals surface area contributed by atoms with Gasteiger partial charge in [-0.3, -0.25) is 4.79 Å². The van der Waals surface area contributed by atoms with E-state index < -0.39 is 0 Å². The minimum absolute atomic E-state index is 0.000761. The molecule has 134 valence electrons. The Morgan fingerprint density at radius 3 is 2.85 bits per heavy atom. The summed E-state index contributed by atoms with van der Waals surface area (Å²) in [6, 6.07) is 15.1. The summed E-state index contributed by atoms with van der Waals surface area (Å²) in [7, 11) is 0. The molecular weight excluding hydrogens is 362 g/mol. The Balaban J connectivity index is 1.32. The molecule has 1 saturated heterocycles. The molecule has 0 spiro atoms. The lowest BCUT2D eigenvalue weighted by Crippen LogP contribution is -2.28. The molecule has 4 aromatic rings. The molecule has 1 fully saturated rings. The Morgan fingerprint density at radius 1 is 1.11 bits per heavy atom. The summed E-state index contributed by atoms with van der Waals surface area (Å²) in [6.07, 6.45) is 0.819. The van der Waals surface area contributed by atoms with Crippen molar-refractivity contribution in [1.29, 1.82) is 0 Å². The molecule has 27 heavy (non-hydrogen) atoms. The maximum absolute atomic E-state index is 12.8. The van der Waals surface area contributed by atoms with Gasteiger partial charge in [0.1, 0.15) is 11.0 Å². The number of carbonyl (C=O) groups is 1. The van der Waals surface area contributed by atoms with Gasteiger partial charge in [-0.15, -0.1) is 0 Å². The van der Waals surface area contributed by atoms with E-state index in [1.807, 2.05) is 41.3 Å². The van der Waals surface area contributed by atoms with Crippen molar-refractivity contribution < 1.29 is 9.32 Å². The molecule has 8 heteroatoms. The van der Waals surface area contributed by atoms with Gasteiger partial charge in [0.05, 0.1) is 11.7 Å². The molecule has 7 nitrogen and oxygen atoms in total. The van der Waals surface area contributed by atoms with Crippen LogP contribution in [0.3, 0.4) is 0 Å². The first-order chi connectivity index (χ1) is 13.3. The molecule has 0 aliphatic carbocycles. The predicted octanol–water partition coefficient (Wildman–Crippen LogP) is 3.37. The molecule has 2 aromatic carbocycles. The number of amides is 1. The van der Waals surface area contributed by atoms with Crippen molar-refractivity contribution in [3.63, 3.8) is 0 Å². The Hall–Kier alpha value is -3.13. The molecular formula is C19H15N5O2S. The monoisotopic (exact) mass is 377 g/mol. The van der Waals surface area contributed by atoms with E-state index in [2.05, 4.69) is 18.9 Å². The fourth-order valence-electron chi connectivity index (χ4n) is 3.35. The van der Waals surface area contributed by atoms with Crippen LogP contribution >= 0.6 is 11.7 Å². The van der Waals surface area contributed by atoms with E-state index in [1.54, 1.807) is 12.1 Å². The molecule has 1 aliphatic rings. The van der Waals surface area contributed by atoms with Gasteiger partial charge in [0.15, 0.2) is 5.82 Å². The van der Waals surface area contributed by atoms with Gasteiger partial charge in [-0.1, -0.05) is 23.4 Å². The zero-order chi connectivity index (χ0) is 18.2. The molecule has 5 rings (SSSR count). The van der Waals surface area contributed by atoms with E-state index in [9.17, 15) is 4.79 Å². The number of nitrogens with zero attached hydrogens (tertiary/aromatic N) is 5. The van der Waals surface area contributed by atoms with Crippen LogP contribution in [-0.4, -0.2) is 42.8 Å². The molecule has 0 radical (unpaired) electrons. The largest absolute Gasteiger partial charge is 0.338 e. The second-order valence-corrected chi connectivity index (χ2v) is 7.06. The Kier molecular flexibility index (Phi) is 3.90. The molecule has 2 aromatic heterocycles. The number of likely N-dealkylation sites (tertiary alicyclic amines) is 1. The molecule has 0 N–H and O–H groups in total. The van der Waals surface area contributed by atoms with Crippen molar-refractivity contribution in [2.45, 2.75) is 12.3 Å². The van der Waals surface area contributed by atoms with E-state index in [0.29, 0.717) is 30.4 Å². The van der Waals surface area contributed by atoms with Crippen LogP contribution in [0.4, 0.5) is 0 Å². The summed E-state index contributed by atoms with van der Waals surface area (Å²) in [5.41, 5.74) is 3.10. The van der Waals surface area contributed by atoms with Crippen molar-refractivity contribution in [2.24, 2.45) is 0 Å². The summed E-state index contributed by atoms with van der Waals surface area (Å²) < 4.78 is 13.8. The van der Waals surface area contributed by atoms with Gasteiger partial charge >= 0.3 is 0 Å². The third kappa shape index (κ3) is 2.97. The zero-order valence-corrected chi connectivity index (χ0v) is 15.1. The number of carbonyl (C=O) groups excluding carboxylic acids is 1. The second kappa shape index (κ2) is 6.55. The molecule has 0 bridgehead atoms. The molecule has 1 atom stereocenters. The predicted molar refractivity (Wildman–Crippen MR) is 100 cm³/mol. The number of rotatable bonds is 3. The van der Waals surface area contributed by atoms with Gasteiger partial charge in [0, 0.05) is 30.1 Å². The average molecular weight is 377 g/mol. The quantitative estimate of drug-likeness (QED) is 0.544. The number of hydrogen-bond donors (Lipinski definition) is 0. The molecule has 0 saturated carbocycles. The van der Waals surface area contributed by atoms with Crippen molar-refractivity contribution >= 4 is 28.7 Å². The zero-order valence-electron chi connectivity index (χ0n) is 14.3. The second-order valence-electron chi connectivity index (χ2n) is 6.53. The van der Waals surface area contributed by atoms with Gasteiger partial charge in [-0.05, 0) is 36.8 Å². The van der Waals surface area contributed by atoms with Gasteiger partial charge in [0.25, 0.3) is 11.8 Å². The van der Waals surface area contributed by atoms with E-state index in [0.717, 1.165) is 34.7 Å². The maximum Gasteiger partial charge on any atom is 0.257 e. The lowest BCUT2D eigenvalue weighted by Gasteiger charge is -2.15. The van der Waals surface area contributed by atoms with Crippen LogP contribution in [0.1, 0.15) is 28.5 Å². The molecule has 3 heterocycles. The smallest absolute Gasteiger partial charge is 0.257 e. The van der Waals surface area contributed by atoms with Crippen LogP contribution in [-0.2, 0) is 0 Å². The summed E-state index contributed by atoms with van der Waals surface area (Å²) >= 11 is 1.15. The van der Waals surface area contributed by atoms with Gasteiger partial charge in [-0.25, -0.2) is 0 Å². The SMILES string of the molecule is O=C(c1ccc2nsnc2c1)N1CC[C@H](c2noc(-c3ccccc3)n2)C1. The van der Waals surface area contributed by atoms with Crippen LogP contribution in [0.25, 0.3) is 22.5 Å². The number of benzene rings is 2. The van der Waals surface area contributed by atoms with Gasteiger partial charge in [0.2, 0.25) is 0 Å². The Morgan fingerprint density at radius 2 is 1.96 bits per heavy atom. The first-order valence-corrected chi connectivity index (χ1v) is 9.41. The number of hydrogen-bond acceptors (Lipinski definition) is 7. The van der Waals surface area contributed by atoms with Crippen molar-refractivity contribution in [3.05, 3.63) is 59.9 Å². The van der Waals surface area contributed by atoms with Crippen LogP contribution in [0.15, 0.2) is 53.1 Å². The van der Waals surface area contributed by atoms with Crippen LogP contribution in [0.5, 0.6) is 0 Å². The van der Waals surface area contributed by atoms with E-state index in [-0.39, 0.29) is 11.8 Å². The van der Waals surface area contributed by atoms with Crippen LogP contribution < -0.4 is 0 Å². The Labute approximate surface area is 159 Å². The highest BCUT2D eigenvalue weighted by Gasteiger charge is 2.31. The minimum atomic E-state index is -0.000761. The third-order valence-electron chi connectivity index (χ3n) is 4.80. The number of fused-ring (bicyclic) bond motifs is 1. The van der Waals surface area contributed by atoms with E-state index in [1.165, 1.54) is 0 Å². The van der Waals surface area contributed by atoms with Crippen molar-refractivity contribution in [1.82, 2.24) is 23.8 Å². The third-order valence-corrected chi connectivity index (χ3v) is 5.36. The standard InChI is InChI=1S/C19H15N5O2S/c25-19(13-6-7-15-16(10-13)23-27-22-15)24-9-8-14(11-24)17-20-18(26-21-17)12-4-2-1-3-5-12/h1-7,10,14H,8-9,11H2/t14-/m0/s1. The summed E-state index contributed by atoms with van der Waals surface area (Å²) in [4.78, 5) is 19.2. The highest BCUT2D eigenvalue weighted by Crippen LogP contribution is 2.28. The lowest BCUT2D eigenvalue weighted by atomic mass is 10.1. The fourth-order valence-corrected chi connectivity index (χ4v) is 3.87. The maximum atomic E-state index is 12.8. The van der Waals surface area contributed by atoms with Gasteiger partial charge < -0.3 is 9.42 Å². The first-order valence-electron chi connectivity index (χ1n) is 8.68. The molecule has 1 aliphatic heterocycles. The fraction of sp³-hybridized carbons (Fsp3) is 0.211. The molecule has 1 amide bonds. The summed E-state index contributed by atoms with van der Waals surface area (Å²) in [5.74, 6) is 1.25. The minimum Gasteiger partial charge on any atom is -0.338 e. The van der Waals surface area contributed by atoms with Crippen LogP contribution in [0.2, 0.25) is 0 Å². The summed E-state index contributed by atoms with van der Waals surface area (Å²) in [5, 5.41) is 4.13. The van der Waals surface area contributed by atoms with Crippen molar-refractivity contribution in [2.75, 3.05) is 13.1 Å². The molecule has 0 unspecified atom stereocenters. The summed E-state index contributed by atoms with van der Waals surface area (Å²) in [6.45, 7) is 1.26. The van der Waals surface area contributed by atoms with E-state index >= 15 is 0 Å². The number of aromatic nitrogens is 4. The van der Waals surface area contributed by atoms with Crippen LogP contribution in [0, 0.1) is 0 Å². The highest BCUT2D eigenvalue weighted by atomic mass is 32.1. The average Bonchev–Trinajstić information content (AvgIpc) is 3.47. The lowest BCUT2D eigenvalue weighted by molar-refractivity contribution is 0.0790. The topological polar surface area (TPSA) is 85.0 Å². The Bertz CT molecular complexity index is 1110. The highest BCUT2D eigenvalue weighted by molar-refractivity contribution is 7.00. The van der Waals surface area contributed by atoms with Gasteiger partial charge in [-0.2, -0.15) is 13.7 Å². The van der Waals surface area contributed by atoms with E-state index in [4.69, 9.17) is 4.52 Å². The first kappa shape index (κ1) is 16.1. The normalized spacial score (nSPS) is 16.9. The van der Waals surface area contributed by atoms with Crippen molar-refractivity contribution in [3.8, 4) is 11.5 Å².